The lowest BCUT2D eigenvalue weighted by atomic mass is 10.1. The van der Waals surface area contributed by atoms with Gasteiger partial charge < -0.3 is 4.74 Å². The minimum absolute atomic E-state index is 0.0392. The molecule has 146 valence electrons. The van der Waals surface area contributed by atoms with Gasteiger partial charge in [-0.25, -0.2) is 10.4 Å². The van der Waals surface area contributed by atoms with Crippen LogP contribution in [0.4, 0.5) is 5.95 Å². The van der Waals surface area contributed by atoms with Crippen molar-refractivity contribution in [2.75, 3.05) is 5.43 Å². The summed E-state index contributed by atoms with van der Waals surface area (Å²) in [6.45, 7) is 4.09. The molecule has 0 amide bonds. The number of H-pyrrole nitrogens is 1. The van der Waals surface area contributed by atoms with Gasteiger partial charge in [-0.05, 0) is 43.2 Å². The normalized spacial score (nSPS) is 11.8. The quantitative estimate of drug-likeness (QED) is 0.472. The van der Waals surface area contributed by atoms with Crippen molar-refractivity contribution >= 4 is 12.2 Å². The van der Waals surface area contributed by atoms with Crippen LogP contribution in [0.1, 0.15) is 31.4 Å². The van der Waals surface area contributed by atoms with E-state index in [1.807, 2.05) is 55.5 Å². The van der Waals surface area contributed by atoms with E-state index in [1.54, 1.807) is 18.3 Å². The predicted molar refractivity (Wildman–Crippen MR) is 113 cm³/mol. The van der Waals surface area contributed by atoms with Crippen molar-refractivity contribution in [2.24, 2.45) is 5.10 Å². The molecule has 0 fully saturated rings. The van der Waals surface area contributed by atoms with Gasteiger partial charge in [0.25, 0.3) is 5.56 Å². The summed E-state index contributed by atoms with van der Waals surface area (Å²) in [5, 5.41) is 13.4. The topological polar surface area (TPSA) is 103 Å². The lowest BCUT2D eigenvalue weighted by Gasteiger charge is -2.12. The number of nitriles is 1. The molecule has 0 saturated carbocycles. The van der Waals surface area contributed by atoms with Crippen LogP contribution >= 0.6 is 0 Å². The molecule has 3 aromatic rings. The fourth-order valence-electron chi connectivity index (χ4n) is 2.55. The molecule has 7 nitrogen and oxygen atoms in total. The van der Waals surface area contributed by atoms with Crippen LogP contribution in [0.3, 0.4) is 0 Å². The summed E-state index contributed by atoms with van der Waals surface area (Å²) >= 11 is 0. The highest BCUT2D eigenvalue weighted by atomic mass is 16.5. The Morgan fingerprint density at radius 3 is 2.62 bits per heavy atom. The number of anilines is 1. The second-order valence-electron chi connectivity index (χ2n) is 6.39. The monoisotopic (exact) mass is 387 g/mol. The van der Waals surface area contributed by atoms with E-state index in [-0.39, 0.29) is 17.6 Å². The number of aromatic amines is 1. The Kier molecular flexibility index (Phi) is 6.38. The number of nitrogens with zero attached hydrogens (tertiary/aromatic N) is 3. The van der Waals surface area contributed by atoms with Crippen LogP contribution in [0.5, 0.6) is 5.75 Å². The number of nitrogens with one attached hydrogen (secondary N) is 2. The van der Waals surface area contributed by atoms with Crippen molar-refractivity contribution in [2.45, 2.75) is 26.4 Å². The number of benzene rings is 2. The van der Waals surface area contributed by atoms with Crippen LogP contribution in [0.15, 0.2) is 64.5 Å². The van der Waals surface area contributed by atoms with E-state index in [1.165, 1.54) is 0 Å². The SMILES string of the molecule is CCC(C)Oc1ccc(C=NNc2nc(-c3ccccc3)c(C#N)c(=O)[nH]2)cc1. The Bertz CT molecular complexity index is 1080. The third-order valence-electron chi connectivity index (χ3n) is 4.25. The summed E-state index contributed by atoms with van der Waals surface area (Å²) in [5.74, 6) is 0.955. The van der Waals surface area contributed by atoms with Crippen LogP contribution in [-0.4, -0.2) is 22.3 Å². The van der Waals surface area contributed by atoms with E-state index >= 15 is 0 Å². The summed E-state index contributed by atoms with van der Waals surface area (Å²) in [6.07, 6.45) is 2.70. The molecule has 1 atom stereocenters. The highest BCUT2D eigenvalue weighted by molar-refractivity contribution is 5.80. The zero-order chi connectivity index (χ0) is 20.6. The van der Waals surface area contributed by atoms with Crippen molar-refractivity contribution in [3.05, 3.63) is 76.1 Å². The van der Waals surface area contributed by atoms with Crippen LogP contribution in [0, 0.1) is 11.3 Å². The average molecular weight is 387 g/mol. The third-order valence-corrected chi connectivity index (χ3v) is 4.25. The maximum atomic E-state index is 12.2. The van der Waals surface area contributed by atoms with Crippen LogP contribution in [-0.2, 0) is 0 Å². The molecule has 1 unspecified atom stereocenters. The fourth-order valence-corrected chi connectivity index (χ4v) is 2.55. The molecule has 1 heterocycles. The zero-order valence-electron chi connectivity index (χ0n) is 16.2. The molecule has 2 N–H and O–H groups in total. The van der Waals surface area contributed by atoms with Gasteiger partial charge in [0.05, 0.1) is 18.0 Å². The smallest absolute Gasteiger partial charge is 0.270 e. The Balaban J connectivity index is 1.76. The number of hydrogen-bond donors (Lipinski definition) is 2. The maximum absolute atomic E-state index is 12.2. The lowest BCUT2D eigenvalue weighted by molar-refractivity contribution is 0.217. The number of hydrazone groups is 1. The minimum atomic E-state index is -0.523. The Labute approximate surface area is 168 Å². The minimum Gasteiger partial charge on any atom is -0.491 e. The summed E-state index contributed by atoms with van der Waals surface area (Å²) in [7, 11) is 0. The van der Waals surface area contributed by atoms with E-state index in [2.05, 4.69) is 27.4 Å². The molecule has 0 aliphatic carbocycles. The Morgan fingerprint density at radius 2 is 1.97 bits per heavy atom. The average Bonchev–Trinajstić information content (AvgIpc) is 2.75. The summed E-state index contributed by atoms with van der Waals surface area (Å²) < 4.78 is 5.75. The first-order chi connectivity index (χ1) is 14.1. The van der Waals surface area contributed by atoms with Crippen molar-refractivity contribution in [3.63, 3.8) is 0 Å². The second kappa shape index (κ2) is 9.33. The van der Waals surface area contributed by atoms with Gasteiger partial charge in [0.2, 0.25) is 5.95 Å². The number of hydrogen-bond acceptors (Lipinski definition) is 6. The van der Waals surface area contributed by atoms with Crippen LogP contribution in [0.25, 0.3) is 11.3 Å². The first-order valence-electron chi connectivity index (χ1n) is 9.26. The predicted octanol–water partition coefficient (Wildman–Crippen LogP) is 3.93. The molecule has 29 heavy (non-hydrogen) atoms. The number of ether oxygens (including phenoxy) is 1. The molecule has 0 aliphatic heterocycles. The van der Waals surface area contributed by atoms with Crippen LogP contribution < -0.4 is 15.7 Å². The van der Waals surface area contributed by atoms with Gasteiger partial charge in [0, 0.05) is 5.56 Å². The van der Waals surface area contributed by atoms with Crippen molar-refractivity contribution in [3.8, 4) is 23.1 Å². The summed E-state index contributed by atoms with van der Waals surface area (Å²) in [6, 6.07) is 18.5. The lowest BCUT2D eigenvalue weighted by Crippen LogP contribution is -2.16. The van der Waals surface area contributed by atoms with Gasteiger partial charge in [0.15, 0.2) is 0 Å². The molecular formula is C22H21N5O2. The Hall–Kier alpha value is -3.92. The molecule has 0 spiro atoms. The maximum Gasteiger partial charge on any atom is 0.270 e. The van der Waals surface area contributed by atoms with E-state index < -0.39 is 5.56 Å². The molecule has 1 aromatic heterocycles. The Morgan fingerprint density at radius 1 is 1.24 bits per heavy atom. The summed E-state index contributed by atoms with van der Waals surface area (Å²) in [5.41, 5.74) is 3.99. The van der Waals surface area contributed by atoms with Gasteiger partial charge in [-0.15, -0.1) is 0 Å². The van der Waals surface area contributed by atoms with Crippen LogP contribution in [0.2, 0.25) is 0 Å². The zero-order valence-corrected chi connectivity index (χ0v) is 16.2. The molecule has 0 bridgehead atoms. The molecule has 0 aliphatic rings. The standard InChI is InChI=1S/C22H21N5O2/c1-3-15(2)29-18-11-9-16(10-12-18)14-24-27-22-25-20(17-7-5-4-6-8-17)19(13-23)21(28)26-22/h4-12,14-15H,3H2,1-2H3,(H2,25,26,27,28). The van der Waals surface area contributed by atoms with Gasteiger partial charge in [-0.2, -0.15) is 10.4 Å². The molecule has 7 heteroatoms. The fraction of sp³-hybridized carbons (Fsp3) is 0.182. The summed E-state index contributed by atoms with van der Waals surface area (Å²) in [4.78, 5) is 19.1. The number of rotatable bonds is 7. The second-order valence-corrected chi connectivity index (χ2v) is 6.39. The van der Waals surface area contributed by atoms with Gasteiger partial charge in [-0.1, -0.05) is 37.3 Å². The van der Waals surface area contributed by atoms with Gasteiger partial charge in [-0.3, -0.25) is 9.78 Å². The van der Waals surface area contributed by atoms with E-state index in [0.717, 1.165) is 17.7 Å². The van der Waals surface area contributed by atoms with Crippen molar-refractivity contribution in [1.82, 2.24) is 9.97 Å². The van der Waals surface area contributed by atoms with E-state index in [4.69, 9.17) is 4.74 Å². The van der Waals surface area contributed by atoms with E-state index in [9.17, 15) is 10.1 Å². The number of aromatic nitrogens is 2. The van der Waals surface area contributed by atoms with Crippen molar-refractivity contribution in [1.29, 1.82) is 5.26 Å². The highest BCUT2D eigenvalue weighted by Gasteiger charge is 2.12. The largest absolute Gasteiger partial charge is 0.491 e. The third kappa shape index (κ3) is 5.08. The van der Waals surface area contributed by atoms with Crippen molar-refractivity contribution < 1.29 is 4.74 Å². The van der Waals surface area contributed by atoms with E-state index in [0.29, 0.717) is 11.3 Å². The first-order valence-corrected chi connectivity index (χ1v) is 9.26. The van der Waals surface area contributed by atoms with Gasteiger partial charge >= 0.3 is 0 Å². The molecular weight excluding hydrogens is 366 g/mol. The molecule has 0 radical (unpaired) electrons. The highest BCUT2D eigenvalue weighted by Crippen LogP contribution is 2.19. The first kappa shape index (κ1) is 19.8. The molecule has 0 saturated heterocycles. The molecule has 2 aromatic carbocycles. The van der Waals surface area contributed by atoms with Gasteiger partial charge in [0.1, 0.15) is 17.4 Å². The molecule has 3 rings (SSSR count).